The highest BCUT2D eigenvalue weighted by Crippen LogP contribution is 2.30. The van der Waals surface area contributed by atoms with Gasteiger partial charge in [0.2, 0.25) is 5.88 Å². The van der Waals surface area contributed by atoms with Crippen molar-refractivity contribution >= 4 is 17.0 Å². The van der Waals surface area contributed by atoms with E-state index in [-0.39, 0.29) is 17.6 Å². The molecule has 3 heterocycles. The van der Waals surface area contributed by atoms with E-state index < -0.39 is 11.9 Å². The molecule has 0 atom stereocenters. The average Bonchev–Trinajstić information content (AvgIpc) is 3.28. The van der Waals surface area contributed by atoms with Gasteiger partial charge in [-0.05, 0) is 56.0 Å². The number of H-pyrrole nitrogens is 1. The van der Waals surface area contributed by atoms with Gasteiger partial charge < -0.3 is 14.8 Å². The number of aromatic nitrogens is 5. The highest BCUT2D eigenvalue weighted by atomic mass is 19.3. The van der Waals surface area contributed by atoms with Crippen molar-refractivity contribution in [3.05, 3.63) is 54.2 Å². The van der Waals surface area contributed by atoms with Gasteiger partial charge in [0.25, 0.3) is 5.92 Å². The van der Waals surface area contributed by atoms with Crippen LogP contribution in [0.15, 0.2) is 48.7 Å². The summed E-state index contributed by atoms with van der Waals surface area (Å²) in [7, 11) is 0. The molecule has 0 unspecified atom stereocenters. The van der Waals surface area contributed by atoms with Gasteiger partial charge in [-0.25, -0.2) is 18.7 Å². The number of hydrogen-bond donors (Lipinski definition) is 2. The molecule has 0 aliphatic heterocycles. The van der Waals surface area contributed by atoms with Crippen LogP contribution in [0.25, 0.3) is 33.8 Å². The first-order chi connectivity index (χ1) is 16.8. The predicted molar refractivity (Wildman–Crippen MR) is 124 cm³/mol. The molecule has 180 valence electrons. The molecule has 0 bridgehead atoms. The molecule has 4 aromatic rings. The van der Waals surface area contributed by atoms with Crippen molar-refractivity contribution in [1.82, 2.24) is 25.1 Å². The van der Waals surface area contributed by atoms with Crippen molar-refractivity contribution in [2.45, 2.75) is 44.6 Å². The maximum absolute atomic E-state index is 13.6. The Hall–Kier alpha value is -3.95. The van der Waals surface area contributed by atoms with Crippen molar-refractivity contribution in [1.29, 1.82) is 0 Å². The zero-order valence-electron chi connectivity index (χ0n) is 18.9. The number of carboxylic acid groups (broad SMARTS) is 1. The smallest absolute Gasteiger partial charge is 0.306 e. The molecule has 0 radical (unpaired) electrons. The topological polar surface area (TPSA) is 114 Å². The minimum Gasteiger partial charge on any atom is -0.481 e. The molecule has 8 nitrogen and oxygen atoms in total. The molecule has 1 aliphatic carbocycles. The van der Waals surface area contributed by atoms with Crippen LogP contribution in [0.2, 0.25) is 0 Å². The van der Waals surface area contributed by atoms with Gasteiger partial charge in [0, 0.05) is 30.3 Å². The second-order valence-corrected chi connectivity index (χ2v) is 8.82. The lowest BCUT2D eigenvalue weighted by Gasteiger charge is -2.26. The maximum Gasteiger partial charge on any atom is 0.306 e. The molecule has 0 spiro atoms. The van der Waals surface area contributed by atoms with Crippen molar-refractivity contribution < 1.29 is 23.4 Å². The molecule has 0 saturated heterocycles. The number of rotatable bonds is 6. The first-order valence-electron chi connectivity index (χ1n) is 11.3. The number of imidazole rings is 1. The van der Waals surface area contributed by atoms with E-state index >= 15 is 0 Å². The van der Waals surface area contributed by atoms with Gasteiger partial charge in [0.05, 0.1) is 22.6 Å². The number of carboxylic acids is 1. The Morgan fingerprint density at radius 2 is 1.80 bits per heavy atom. The van der Waals surface area contributed by atoms with Crippen LogP contribution in [0, 0.1) is 5.92 Å². The van der Waals surface area contributed by atoms with Gasteiger partial charge in [-0.15, -0.1) is 10.2 Å². The standard InChI is InChI=1S/C25H23F2N5O3/c1-25(26,27)16-5-8-19-21(12-16)30-23(29-19)20-10-9-18(31-32-20)15-4-11-22(28-13-15)35-17-6-2-14(3-7-17)24(33)34/h4-5,8-14,17H,2-3,6-7H2,1H3,(H,29,30)(H,33,34)/t14-,17+. The molecule has 1 aromatic carbocycles. The molecule has 35 heavy (non-hydrogen) atoms. The van der Waals surface area contributed by atoms with Crippen molar-refractivity contribution in [3.63, 3.8) is 0 Å². The van der Waals surface area contributed by atoms with Crippen molar-refractivity contribution in [2.75, 3.05) is 0 Å². The fraction of sp³-hybridized carbons (Fsp3) is 0.320. The summed E-state index contributed by atoms with van der Waals surface area (Å²) in [6.45, 7) is 0.857. The summed E-state index contributed by atoms with van der Waals surface area (Å²) >= 11 is 0. The Kier molecular flexibility index (Phi) is 5.88. The normalized spacial score (nSPS) is 18.5. The molecule has 1 fully saturated rings. The van der Waals surface area contributed by atoms with Crippen molar-refractivity contribution in [2.24, 2.45) is 5.92 Å². The highest BCUT2D eigenvalue weighted by Gasteiger charge is 2.27. The van der Waals surface area contributed by atoms with Gasteiger partial charge in [-0.2, -0.15) is 0 Å². The number of benzene rings is 1. The lowest BCUT2D eigenvalue weighted by atomic mass is 9.87. The Morgan fingerprint density at radius 3 is 2.43 bits per heavy atom. The molecule has 3 aromatic heterocycles. The summed E-state index contributed by atoms with van der Waals surface area (Å²) in [5.41, 5.74) is 2.83. The van der Waals surface area contributed by atoms with E-state index in [1.165, 1.54) is 12.1 Å². The Labute approximate surface area is 199 Å². The number of hydrogen-bond acceptors (Lipinski definition) is 6. The molecule has 10 heteroatoms. The fourth-order valence-electron chi connectivity index (χ4n) is 4.22. The Balaban J connectivity index is 1.26. The summed E-state index contributed by atoms with van der Waals surface area (Å²) in [4.78, 5) is 22.9. The van der Waals surface area contributed by atoms with Gasteiger partial charge in [-0.3, -0.25) is 4.79 Å². The van der Waals surface area contributed by atoms with Crippen LogP contribution in [0.4, 0.5) is 8.78 Å². The molecular formula is C25H23F2N5O3. The SMILES string of the molecule is CC(F)(F)c1ccc2nc(-c3ccc(-c4ccc(O[C@H]5CC[C@@H](C(=O)O)CC5)nc4)nn3)[nH]c2c1. The summed E-state index contributed by atoms with van der Waals surface area (Å²) in [5.74, 6) is -3.04. The molecule has 1 saturated carbocycles. The first-order valence-corrected chi connectivity index (χ1v) is 11.3. The van der Waals surface area contributed by atoms with Crippen LogP contribution in [-0.4, -0.2) is 42.3 Å². The van der Waals surface area contributed by atoms with Crippen LogP contribution in [-0.2, 0) is 10.7 Å². The van der Waals surface area contributed by atoms with E-state index in [0.717, 1.165) is 12.5 Å². The van der Waals surface area contributed by atoms with E-state index in [2.05, 4.69) is 25.1 Å². The molecular weight excluding hydrogens is 456 g/mol. The number of fused-ring (bicyclic) bond motifs is 1. The fourth-order valence-corrected chi connectivity index (χ4v) is 4.22. The number of nitrogens with one attached hydrogen (secondary N) is 1. The second-order valence-electron chi connectivity index (χ2n) is 8.82. The van der Waals surface area contributed by atoms with E-state index in [4.69, 9.17) is 9.84 Å². The third-order valence-corrected chi connectivity index (χ3v) is 6.24. The van der Waals surface area contributed by atoms with Crippen LogP contribution in [0.3, 0.4) is 0 Å². The number of ether oxygens (including phenoxy) is 1. The largest absolute Gasteiger partial charge is 0.481 e. The van der Waals surface area contributed by atoms with Gasteiger partial charge in [0.1, 0.15) is 11.8 Å². The molecule has 0 amide bonds. The second kappa shape index (κ2) is 9.01. The zero-order chi connectivity index (χ0) is 24.6. The quantitative estimate of drug-likeness (QED) is 0.390. The van der Waals surface area contributed by atoms with Crippen LogP contribution >= 0.6 is 0 Å². The predicted octanol–water partition coefficient (Wildman–Crippen LogP) is 5.22. The molecule has 1 aliphatic rings. The summed E-state index contributed by atoms with van der Waals surface area (Å²) < 4.78 is 33.1. The summed E-state index contributed by atoms with van der Waals surface area (Å²) in [6.07, 6.45) is 4.21. The number of halogens is 2. The van der Waals surface area contributed by atoms with Gasteiger partial charge in [0.15, 0.2) is 5.82 Å². The zero-order valence-corrected chi connectivity index (χ0v) is 18.9. The Bertz CT molecular complexity index is 1340. The monoisotopic (exact) mass is 479 g/mol. The maximum atomic E-state index is 13.6. The van der Waals surface area contributed by atoms with Gasteiger partial charge >= 0.3 is 5.97 Å². The number of nitrogens with zero attached hydrogens (tertiary/aromatic N) is 4. The number of aliphatic carboxylic acids is 1. The van der Waals surface area contributed by atoms with Crippen LogP contribution in [0.1, 0.15) is 38.2 Å². The number of alkyl halides is 2. The Morgan fingerprint density at radius 1 is 1.06 bits per heavy atom. The van der Waals surface area contributed by atoms with E-state index in [1.54, 1.807) is 30.5 Å². The molecule has 2 N–H and O–H groups in total. The van der Waals surface area contributed by atoms with E-state index in [9.17, 15) is 13.6 Å². The van der Waals surface area contributed by atoms with E-state index in [1.807, 2.05) is 6.07 Å². The average molecular weight is 479 g/mol. The number of aromatic amines is 1. The van der Waals surface area contributed by atoms with Crippen LogP contribution < -0.4 is 4.74 Å². The number of carbonyl (C=O) groups is 1. The summed E-state index contributed by atoms with van der Waals surface area (Å²) in [6, 6.07) is 11.4. The molecule has 5 rings (SSSR count). The third kappa shape index (κ3) is 4.96. The summed E-state index contributed by atoms with van der Waals surface area (Å²) in [5, 5.41) is 17.6. The lowest BCUT2D eigenvalue weighted by Crippen LogP contribution is -2.28. The van der Waals surface area contributed by atoms with Gasteiger partial charge in [-0.1, -0.05) is 6.07 Å². The third-order valence-electron chi connectivity index (χ3n) is 6.24. The van der Waals surface area contributed by atoms with E-state index in [0.29, 0.717) is 59.8 Å². The first kappa shape index (κ1) is 22.8. The minimum absolute atomic E-state index is 0.0357. The lowest BCUT2D eigenvalue weighted by molar-refractivity contribution is -0.143. The minimum atomic E-state index is -2.94. The van der Waals surface area contributed by atoms with Crippen LogP contribution in [0.5, 0.6) is 5.88 Å². The highest BCUT2D eigenvalue weighted by molar-refractivity contribution is 5.79. The number of pyridine rings is 1. The van der Waals surface area contributed by atoms with Crippen molar-refractivity contribution in [3.8, 4) is 28.7 Å².